The van der Waals surface area contributed by atoms with Crippen molar-refractivity contribution >= 4 is 8.07 Å². The average Bonchev–Trinajstić information content (AvgIpc) is 1.84. The van der Waals surface area contributed by atoms with Crippen molar-refractivity contribution in [3.63, 3.8) is 0 Å². The van der Waals surface area contributed by atoms with Gasteiger partial charge in [-0.15, -0.1) is 0 Å². The van der Waals surface area contributed by atoms with Gasteiger partial charge in [0.25, 0.3) is 0 Å². The minimum absolute atomic E-state index is 1.17. The van der Waals surface area contributed by atoms with E-state index in [2.05, 4.69) is 25.7 Å². The first-order valence-electron chi connectivity index (χ1n) is 3.53. The summed E-state index contributed by atoms with van der Waals surface area (Å²) in [4.78, 5) is 0. The molecule has 0 aromatic carbocycles. The van der Waals surface area contributed by atoms with Crippen molar-refractivity contribution in [1.82, 2.24) is 0 Å². The number of nitriles is 1. The molecule has 0 aromatic rings. The number of hydrogen-bond acceptors (Lipinski definition) is 1. The lowest BCUT2D eigenvalue weighted by molar-refractivity contribution is 0.870. The Bertz CT molecular complexity index is 113. The summed E-state index contributed by atoms with van der Waals surface area (Å²) >= 11 is 0. The predicted octanol–water partition coefficient (Wildman–Crippen LogP) is 2.56. The van der Waals surface area contributed by atoms with Crippen molar-refractivity contribution in [2.75, 3.05) is 0 Å². The Balaban J connectivity index is 3.49. The summed E-state index contributed by atoms with van der Waals surface area (Å²) in [6, 6.07) is 1.17. The molecule has 0 aliphatic heterocycles. The van der Waals surface area contributed by atoms with E-state index in [-0.39, 0.29) is 0 Å². The molecule has 0 aromatic heterocycles. The van der Waals surface area contributed by atoms with Crippen molar-refractivity contribution in [2.45, 2.75) is 38.9 Å². The molecule has 0 N–H and O–H groups in total. The maximum absolute atomic E-state index is 8.63. The Hall–Kier alpha value is -0.293. The molecule has 52 valence electrons. The SMILES string of the molecule is CCCC[Si](C)(C)C#N. The standard InChI is InChI=1S/C7H15NSi/c1-4-5-6-9(2,3)7-8/h4-6H2,1-3H3. The third kappa shape index (κ3) is 4.23. The van der Waals surface area contributed by atoms with E-state index in [1.807, 2.05) is 0 Å². The third-order valence-corrected chi connectivity index (χ3v) is 3.67. The summed E-state index contributed by atoms with van der Waals surface area (Å²) in [7, 11) is -1.39. The van der Waals surface area contributed by atoms with E-state index >= 15 is 0 Å². The molecule has 0 amide bonds. The number of rotatable bonds is 3. The minimum Gasteiger partial charge on any atom is -0.207 e. The zero-order valence-electron chi connectivity index (χ0n) is 6.57. The first-order chi connectivity index (χ1) is 4.12. The van der Waals surface area contributed by atoms with Crippen LogP contribution in [0.25, 0.3) is 0 Å². The molecule has 1 nitrogen and oxygen atoms in total. The van der Waals surface area contributed by atoms with Gasteiger partial charge in [0.15, 0.2) is 8.07 Å². The summed E-state index contributed by atoms with van der Waals surface area (Å²) in [6.07, 6.45) is 2.45. The molecule has 0 aliphatic carbocycles. The second-order valence-corrected chi connectivity index (χ2v) is 7.59. The van der Waals surface area contributed by atoms with Crippen LogP contribution in [0.4, 0.5) is 0 Å². The molecule has 0 radical (unpaired) electrons. The van der Waals surface area contributed by atoms with Gasteiger partial charge in [-0.05, 0) is 6.04 Å². The number of nitrogens with zero attached hydrogens (tertiary/aromatic N) is 1. The highest BCUT2D eigenvalue weighted by Crippen LogP contribution is 2.11. The highest BCUT2D eigenvalue weighted by Gasteiger charge is 2.18. The third-order valence-electron chi connectivity index (χ3n) is 1.46. The Morgan fingerprint density at radius 2 is 2.00 bits per heavy atom. The monoisotopic (exact) mass is 141 g/mol. The maximum atomic E-state index is 8.63. The molecule has 0 heterocycles. The Labute approximate surface area is 58.7 Å². The molecule has 0 aliphatic rings. The normalized spacial score (nSPS) is 10.9. The van der Waals surface area contributed by atoms with Crippen LogP contribution >= 0.6 is 0 Å². The van der Waals surface area contributed by atoms with Gasteiger partial charge in [0.05, 0.1) is 0 Å². The lowest BCUT2D eigenvalue weighted by Crippen LogP contribution is -2.22. The summed E-state index contributed by atoms with van der Waals surface area (Å²) in [6.45, 7) is 6.42. The average molecular weight is 141 g/mol. The molecular formula is C7H15NSi. The number of hydrogen-bond donors (Lipinski definition) is 0. The zero-order valence-corrected chi connectivity index (χ0v) is 7.57. The molecule has 0 saturated carbocycles. The molecule has 0 saturated heterocycles. The highest BCUT2D eigenvalue weighted by atomic mass is 28.3. The van der Waals surface area contributed by atoms with Crippen molar-refractivity contribution in [2.24, 2.45) is 0 Å². The van der Waals surface area contributed by atoms with Crippen LogP contribution < -0.4 is 0 Å². The first-order valence-corrected chi connectivity index (χ1v) is 6.74. The van der Waals surface area contributed by atoms with Gasteiger partial charge in [-0.25, -0.2) is 5.26 Å². The van der Waals surface area contributed by atoms with Gasteiger partial charge < -0.3 is 0 Å². The molecule has 9 heavy (non-hydrogen) atoms. The van der Waals surface area contributed by atoms with Gasteiger partial charge in [0.2, 0.25) is 0 Å². The summed E-state index contributed by atoms with van der Waals surface area (Å²) in [5, 5.41) is 8.63. The second-order valence-electron chi connectivity index (χ2n) is 3.10. The van der Waals surface area contributed by atoms with Gasteiger partial charge in [-0.1, -0.05) is 32.9 Å². The van der Waals surface area contributed by atoms with E-state index in [4.69, 9.17) is 5.26 Å². The maximum Gasteiger partial charge on any atom is 0.167 e. The molecule has 0 atom stereocenters. The smallest absolute Gasteiger partial charge is 0.167 e. The van der Waals surface area contributed by atoms with E-state index in [9.17, 15) is 0 Å². The topological polar surface area (TPSA) is 23.8 Å². The van der Waals surface area contributed by atoms with Gasteiger partial charge in [-0.3, -0.25) is 0 Å². The van der Waals surface area contributed by atoms with Gasteiger partial charge >= 0.3 is 0 Å². The fraction of sp³-hybridized carbons (Fsp3) is 0.857. The molecular weight excluding hydrogens is 126 g/mol. The van der Waals surface area contributed by atoms with Crippen molar-refractivity contribution in [3.05, 3.63) is 0 Å². The van der Waals surface area contributed by atoms with Gasteiger partial charge in [0.1, 0.15) is 0 Å². The fourth-order valence-electron chi connectivity index (χ4n) is 0.675. The van der Waals surface area contributed by atoms with E-state index in [1.165, 1.54) is 18.9 Å². The van der Waals surface area contributed by atoms with E-state index < -0.39 is 8.07 Å². The van der Waals surface area contributed by atoms with Gasteiger partial charge in [0, 0.05) is 5.69 Å². The second kappa shape index (κ2) is 3.68. The van der Waals surface area contributed by atoms with E-state index in [0.717, 1.165) is 0 Å². The van der Waals surface area contributed by atoms with Crippen LogP contribution in [0, 0.1) is 11.0 Å². The molecule has 0 rings (SSSR count). The molecule has 2 heteroatoms. The van der Waals surface area contributed by atoms with E-state index in [1.54, 1.807) is 0 Å². The lowest BCUT2D eigenvalue weighted by atomic mass is 10.4. The molecule has 0 bridgehead atoms. The molecule has 0 unspecified atom stereocenters. The first kappa shape index (κ1) is 8.71. The van der Waals surface area contributed by atoms with Crippen LogP contribution in [0.3, 0.4) is 0 Å². The Kier molecular flexibility index (Phi) is 3.56. The molecule has 0 fully saturated rings. The van der Waals surface area contributed by atoms with Crippen LogP contribution in [-0.2, 0) is 0 Å². The zero-order chi connectivity index (χ0) is 7.33. The van der Waals surface area contributed by atoms with Crippen LogP contribution in [0.5, 0.6) is 0 Å². The fourth-order valence-corrected chi connectivity index (χ4v) is 2.02. The van der Waals surface area contributed by atoms with Crippen molar-refractivity contribution in [3.8, 4) is 5.69 Å². The minimum atomic E-state index is -1.39. The van der Waals surface area contributed by atoms with Gasteiger partial charge in [-0.2, -0.15) is 0 Å². The summed E-state index contributed by atoms with van der Waals surface area (Å²) < 4.78 is 0. The predicted molar refractivity (Wildman–Crippen MR) is 42.8 cm³/mol. The number of unbranched alkanes of at least 4 members (excludes halogenated alkanes) is 1. The summed E-state index contributed by atoms with van der Waals surface area (Å²) in [5.74, 6) is 0. The quantitative estimate of drug-likeness (QED) is 0.554. The van der Waals surface area contributed by atoms with E-state index in [0.29, 0.717) is 0 Å². The van der Waals surface area contributed by atoms with Crippen LogP contribution in [0.1, 0.15) is 19.8 Å². The Morgan fingerprint density at radius 1 is 1.44 bits per heavy atom. The van der Waals surface area contributed by atoms with Crippen molar-refractivity contribution in [1.29, 1.82) is 5.26 Å². The highest BCUT2D eigenvalue weighted by molar-refractivity contribution is 6.84. The largest absolute Gasteiger partial charge is 0.207 e. The van der Waals surface area contributed by atoms with Crippen LogP contribution in [0.2, 0.25) is 19.1 Å². The Morgan fingerprint density at radius 3 is 2.33 bits per heavy atom. The van der Waals surface area contributed by atoms with Crippen LogP contribution in [0.15, 0.2) is 0 Å². The molecule has 0 spiro atoms. The summed E-state index contributed by atoms with van der Waals surface area (Å²) in [5.41, 5.74) is 2.42. The van der Waals surface area contributed by atoms with Crippen molar-refractivity contribution < 1.29 is 0 Å². The lowest BCUT2D eigenvalue weighted by Gasteiger charge is -2.09. The van der Waals surface area contributed by atoms with Crippen LogP contribution in [-0.4, -0.2) is 8.07 Å².